The van der Waals surface area contributed by atoms with Gasteiger partial charge in [-0.15, -0.1) is 11.3 Å². The zero-order valence-corrected chi connectivity index (χ0v) is 12.6. The molecule has 0 amide bonds. The molecule has 5 heteroatoms. The lowest BCUT2D eigenvalue weighted by molar-refractivity contribution is 0.0606. The summed E-state index contributed by atoms with van der Waals surface area (Å²) in [5.41, 5.74) is 2.39. The average Bonchev–Trinajstić information content (AvgIpc) is 2.78. The van der Waals surface area contributed by atoms with E-state index in [0.29, 0.717) is 10.8 Å². The van der Waals surface area contributed by atoms with E-state index in [4.69, 9.17) is 16.3 Å². The fourth-order valence-electron chi connectivity index (χ4n) is 2.40. The first-order valence-electron chi connectivity index (χ1n) is 6.54. The van der Waals surface area contributed by atoms with Crippen molar-refractivity contribution >= 4 is 28.9 Å². The Labute approximate surface area is 126 Å². The standard InChI is InChI=1S/C15H14ClNO2S/c1-19-15(18)12-13(16)17-14(20-12)11-8-3-2-7-10(11)9-5-4-6-9/h2-3,7-9H,4-6H2,1H3. The molecule has 3 nitrogen and oxygen atoms in total. The van der Waals surface area contributed by atoms with E-state index in [9.17, 15) is 4.79 Å². The molecule has 3 rings (SSSR count). The van der Waals surface area contributed by atoms with Gasteiger partial charge in [-0.05, 0) is 24.3 Å². The van der Waals surface area contributed by atoms with Gasteiger partial charge in [0.15, 0.2) is 10.0 Å². The second-order valence-corrected chi connectivity index (χ2v) is 6.20. The van der Waals surface area contributed by atoms with Crippen molar-refractivity contribution in [3.63, 3.8) is 0 Å². The van der Waals surface area contributed by atoms with Gasteiger partial charge in [-0.3, -0.25) is 0 Å². The minimum absolute atomic E-state index is 0.222. The third-order valence-corrected chi connectivity index (χ3v) is 5.15. The van der Waals surface area contributed by atoms with E-state index in [0.717, 1.165) is 10.6 Å². The lowest BCUT2D eigenvalue weighted by Crippen LogP contribution is -2.09. The molecule has 0 N–H and O–H groups in total. The van der Waals surface area contributed by atoms with Crippen molar-refractivity contribution in [1.29, 1.82) is 0 Å². The van der Waals surface area contributed by atoms with Gasteiger partial charge in [0.25, 0.3) is 0 Å². The molecule has 1 heterocycles. The van der Waals surface area contributed by atoms with Gasteiger partial charge < -0.3 is 4.74 Å². The molecule has 0 saturated heterocycles. The van der Waals surface area contributed by atoms with Crippen molar-refractivity contribution in [3.8, 4) is 10.6 Å². The molecule has 0 bridgehead atoms. The third-order valence-electron chi connectivity index (χ3n) is 3.69. The molecular formula is C15H14ClNO2S. The van der Waals surface area contributed by atoms with Gasteiger partial charge in [0, 0.05) is 5.56 Å². The number of rotatable bonds is 3. The third kappa shape index (κ3) is 2.34. The SMILES string of the molecule is COC(=O)c1sc(-c2ccccc2C2CCC2)nc1Cl. The van der Waals surface area contributed by atoms with Gasteiger partial charge in [0.2, 0.25) is 0 Å². The molecule has 1 aliphatic rings. The lowest BCUT2D eigenvalue weighted by Gasteiger charge is -2.27. The highest BCUT2D eigenvalue weighted by Crippen LogP contribution is 2.42. The molecule has 1 saturated carbocycles. The first-order valence-corrected chi connectivity index (χ1v) is 7.74. The molecule has 2 aromatic rings. The lowest BCUT2D eigenvalue weighted by atomic mass is 9.78. The van der Waals surface area contributed by atoms with Crippen molar-refractivity contribution in [3.05, 3.63) is 39.9 Å². The van der Waals surface area contributed by atoms with Crippen molar-refractivity contribution in [2.45, 2.75) is 25.2 Å². The summed E-state index contributed by atoms with van der Waals surface area (Å²) in [6, 6.07) is 8.23. The zero-order chi connectivity index (χ0) is 14.1. The van der Waals surface area contributed by atoms with Gasteiger partial charge in [0.05, 0.1) is 7.11 Å². The van der Waals surface area contributed by atoms with Crippen LogP contribution in [0.2, 0.25) is 5.15 Å². The second kappa shape index (κ2) is 5.54. The highest BCUT2D eigenvalue weighted by molar-refractivity contribution is 7.17. The Morgan fingerprint density at radius 1 is 1.40 bits per heavy atom. The first kappa shape index (κ1) is 13.6. The van der Waals surface area contributed by atoms with E-state index in [1.165, 1.54) is 43.3 Å². The monoisotopic (exact) mass is 307 g/mol. The largest absolute Gasteiger partial charge is 0.465 e. The predicted octanol–water partition coefficient (Wildman–Crippen LogP) is 4.52. The minimum Gasteiger partial charge on any atom is -0.465 e. The number of hydrogen-bond donors (Lipinski definition) is 0. The van der Waals surface area contributed by atoms with Gasteiger partial charge in [-0.25, -0.2) is 9.78 Å². The maximum absolute atomic E-state index is 11.6. The average molecular weight is 308 g/mol. The summed E-state index contributed by atoms with van der Waals surface area (Å²) in [5, 5.41) is 1.01. The molecule has 1 aromatic carbocycles. The van der Waals surface area contributed by atoms with Crippen LogP contribution in [0.3, 0.4) is 0 Å². The van der Waals surface area contributed by atoms with E-state index in [1.54, 1.807) is 0 Å². The summed E-state index contributed by atoms with van der Waals surface area (Å²) >= 11 is 7.34. The fraction of sp³-hybridized carbons (Fsp3) is 0.333. The van der Waals surface area contributed by atoms with E-state index in [2.05, 4.69) is 11.1 Å². The number of carbonyl (C=O) groups excluding carboxylic acids is 1. The second-order valence-electron chi connectivity index (χ2n) is 4.85. The highest BCUT2D eigenvalue weighted by atomic mass is 35.5. The van der Waals surface area contributed by atoms with Crippen LogP contribution in [0.4, 0.5) is 0 Å². The number of carbonyl (C=O) groups is 1. The number of ether oxygens (including phenoxy) is 1. The van der Waals surface area contributed by atoms with E-state index < -0.39 is 5.97 Å². The normalized spacial score (nSPS) is 14.9. The number of thiazole rings is 1. The molecule has 20 heavy (non-hydrogen) atoms. The molecule has 104 valence electrons. The summed E-state index contributed by atoms with van der Waals surface area (Å²) in [5.74, 6) is 0.176. The van der Waals surface area contributed by atoms with Crippen LogP contribution in [0.25, 0.3) is 10.6 Å². The van der Waals surface area contributed by atoms with Crippen molar-refractivity contribution in [2.75, 3.05) is 7.11 Å². The highest BCUT2D eigenvalue weighted by Gasteiger charge is 2.25. The molecular weight excluding hydrogens is 294 g/mol. The quantitative estimate of drug-likeness (QED) is 0.783. The van der Waals surface area contributed by atoms with Gasteiger partial charge in [-0.2, -0.15) is 0 Å². The van der Waals surface area contributed by atoms with Crippen LogP contribution in [0, 0.1) is 0 Å². The number of nitrogens with zero attached hydrogens (tertiary/aromatic N) is 1. The van der Waals surface area contributed by atoms with E-state index in [1.807, 2.05) is 18.2 Å². The fourth-order valence-corrected chi connectivity index (χ4v) is 3.65. The van der Waals surface area contributed by atoms with Gasteiger partial charge >= 0.3 is 5.97 Å². The summed E-state index contributed by atoms with van der Waals surface area (Å²) in [6.45, 7) is 0. The van der Waals surface area contributed by atoms with Gasteiger partial charge in [0.1, 0.15) is 5.01 Å². The van der Waals surface area contributed by atoms with Crippen LogP contribution in [0.1, 0.15) is 40.4 Å². The van der Waals surface area contributed by atoms with Crippen LogP contribution >= 0.6 is 22.9 Å². The Bertz CT molecular complexity index is 649. The number of methoxy groups -OCH3 is 1. The Kier molecular flexibility index (Phi) is 3.76. The van der Waals surface area contributed by atoms with Gasteiger partial charge in [-0.1, -0.05) is 42.3 Å². The topological polar surface area (TPSA) is 39.2 Å². The maximum atomic E-state index is 11.6. The Morgan fingerprint density at radius 3 is 2.80 bits per heavy atom. The summed E-state index contributed by atoms with van der Waals surface area (Å²) < 4.78 is 4.72. The van der Waals surface area contributed by atoms with Crippen LogP contribution in [-0.4, -0.2) is 18.1 Å². The summed E-state index contributed by atoms with van der Waals surface area (Å²) in [6.07, 6.45) is 3.73. The van der Waals surface area contributed by atoms with E-state index in [-0.39, 0.29) is 5.15 Å². The molecule has 0 unspecified atom stereocenters. The summed E-state index contributed by atoms with van der Waals surface area (Å²) in [7, 11) is 1.35. The number of benzene rings is 1. The Morgan fingerprint density at radius 2 is 2.15 bits per heavy atom. The maximum Gasteiger partial charge on any atom is 0.351 e. The smallest absolute Gasteiger partial charge is 0.351 e. The Hall–Kier alpha value is -1.39. The predicted molar refractivity (Wildman–Crippen MR) is 80.5 cm³/mol. The number of aromatic nitrogens is 1. The Balaban J connectivity index is 2.03. The molecule has 0 aliphatic heterocycles. The van der Waals surface area contributed by atoms with Crippen molar-refractivity contribution in [2.24, 2.45) is 0 Å². The molecule has 0 atom stereocenters. The minimum atomic E-state index is -0.431. The summed E-state index contributed by atoms with van der Waals surface area (Å²) in [4.78, 5) is 16.3. The number of halogens is 1. The number of hydrogen-bond acceptors (Lipinski definition) is 4. The van der Waals surface area contributed by atoms with E-state index >= 15 is 0 Å². The van der Waals surface area contributed by atoms with Crippen molar-refractivity contribution in [1.82, 2.24) is 4.98 Å². The van der Waals surface area contributed by atoms with Crippen LogP contribution in [-0.2, 0) is 4.74 Å². The van der Waals surface area contributed by atoms with Crippen LogP contribution in [0.5, 0.6) is 0 Å². The molecule has 1 aliphatic carbocycles. The first-order chi connectivity index (χ1) is 9.70. The molecule has 0 spiro atoms. The molecule has 0 radical (unpaired) electrons. The van der Waals surface area contributed by atoms with Crippen molar-refractivity contribution < 1.29 is 9.53 Å². The molecule has 1 fully saturated rings. The van der Waals surface area contributed by atoms with Crippen LogP contribution < -0.4 is 0 Å². The zero-order valence-electron chi connectivity index (χ0n) is 11.1. The number of esters is 1. The van der Waals surface area contributed by atoms with Crippen LogP contribution in [0.15, 0.2) is 24.3 Å². The molecule has 1 aromatic heterocycles.